The molecule has 0 bridgehead atoms. The molecule has 0 heterocycles. The van der Waals surface area contributed by atoms with Crippen LogP contribution in [-0.2, 0) is 5.54 Å². The van der Waals surface area contributed by atoms with E-state index in [2.05, 4.69) is 6.07 Å². The fourth-order valence-corrected chi connectivity index (χ4v) is 3.13. The van der Waals surface area contributed by atoms with Crippen LogP contribution in [-0.4, -0.2) is 6.61 Å². The summed E-state index contributed by atoms with van der Waals surface area (Å²) in [5.74, 6) is 1.55. The Labute approximate surface area is 120 Å². The highest BCUT2D eigenvalue weighted by Crippen LogP contribution is 2.38. The molecule has 3 heteroatoms. The number of halogens is 1. The minimum absolute atomic E-state index is 0.184. The number of ether oxygens (including phenoxy) is 1. The second-order valence-corrected chi connectivity index (χ2v) is 6.52. The topological polar surface area (TPSA) is 35.2 Å². The normalized spacial score (nSPS) is 22.2. The van der Waals surface area contributed by atoms with Gasteiger partial charge in [-0.05, 0) is 49.3 Å². The molecule has 2 aliphatic rings. The highest BCUT2D eigenvalue weighted by Gasteiger charge is 2.30. The van der Waals surface area contributed by atoms with Crippen LogP contribution in [0.25, 0.3) is 0 Å². The van der Waals surface area contributed by atoms with Gasteiger partial charge in [-0.3, -0.25) is 0 Å². The number of rotatable bonds is 4. The molecule has 2 nitrogen and oxygen atoms in total. The molecular weight excluding hydrogens is 258 g/mol. The molecule has 1 aromatic carbocycles. The van der Waals surface area contributed by atoms with Crippen LogP contribution in [0.5, 0.6) is 5.75 Å². The fourth-order valence-electron chi connectivity index (χ4n) is 2.89. The van der Waals surface area contributed by atoms with Crippen LogP contribution < -0.4 is 10.5 Å². The Hall–Kier alpha value is -0.730. The van der Waals surface area contributed by atoms with Crippen molar-refractivity contribution in [3.8, 4) is 5.75 Å². The van der Waals surface area contributed by atoms with Gasteiger partial charge in [0.15, 0.2) is 0 Å². The molecule has 0 aliphatic heterocycles. The van der Waals surface area contributed by atoms with E-state index in [4.69, 9.17) is 22.1 Å². The van der Waals surface area contributed by atoms with E-state index in [1.165, 1.54) is 32.1 Å². The lowest BCUT2D eigenvalue weighted by Crippen LogP contribution is -2.38. The quantitative estimate of drug-likeness (QED) is 0.894. The molecule has 0 aromatic heterocycles. The van der Waals surface area contributed by atoms with Crippen LogP contribution in [0.3, 0.4) is 0 Å². The van der Waals surface area contributed by atoms with Crippen molar-refractivity contribution in [2.24, 2.45) is 11.7 Å². The minimum Gasteiger partial charge on any atom is -0.492 e. The summed E-state index contributed by atoms with van der Waals surface area (Å²) in [6.07, 6.45) is 8.44. The first-order chi connectivity index (χ1) is 9.17. The summed E-state index contributed by atoms with van der Waals surface area (Å²) in [5, 5.41) is 0.702. The molecule has 0 spiro atoms. The van der Waals surface area contributed by atoms with E-state index in [1.54, 1.807) is 0 Å². The molecular formula is C16H22ClNO. The molecule has 2 N–H and O–H groups in total. The van der Waals surface area contributed by atoms with Crippen LogP contribution in [0, 0.1) is 5.92 Å². The lowest BCUT2D eigenvalue weighted by molar-refractivity contribution is 0.294. The zero-order valence-corrected chi connectivity index (χ0v) is 12.1. The molecule has 19 heavy (non-hydrogen) atoms. The SMILES string of the molecule is NC1(c2ccc(OCC3CC3)c(Cl)c2)CCCCC1. The largest absolute Gasteiger partial charge is 0.492 e. The maximum absolute atomic E-state index is 6.53. The Kier molecular flexibility index (Phi) is 3.72. The fraction of sp³-hybridized carbons (Fsp3) is 0.625. The van der Waals surface area contributed by atoms with Gasteiger partial charge in [-0.25, -0.2) is 0 Å². The molecule has 1 aromatic rings. The van der Waals surface area contributed by atoms with E-state index in [1.807, 2.05) is 12.1 Å². The van der Waals surface area contributed by atoms with Gasteiger partial charge in [0, 0.05) is 5.54 Å². The van der Waals surface area contributed by atoms with Crippen molar-refractivity contribution < 1.29 is 4.74 Å². The predicted molar refractivity (Wildman–Crippen MR) is 78.6 cm³/mol. The molecule has 2 fully saturated rings. The Morgan fingerprint density at radius 3 is 2.58 bits per heavy atom. The summed E-state index contributed by atoms with van der Waals surface area (Å²) < 4.78 is 5.76. The minimum atomic E-state index is -0.184. The molecule has 104 valence electrons. The summed E-state index contributed by atoms with van der Waals surface area (Å²) in [6, 6.07) is 6.10. The summed E-state index contributed by atoms with van der Waals surface area (Å²) in [6.45, 7) is 0.798. The first-order valence-corrected chi connectivity index (χ1v) is 7.77. The van der Waals surface area contributed by atoms with Crippen LogP contribution in [0.15, 0.2) is 18.2 Å². The number of nitrogens with two attached hydrogens (primary N) is 1. The van der Waals surface area contributed by atoms with Gasteiger partial charge in [0.1, 0.15) is 5.75 Å². The monoisotopic (exact) mass is 279 g/mol. The first kappa shape index (κ1) is 13.3. The summed E-state index contributed by atoms with van der Waals surface area (Å²) in [4.78, 5) is 0. The number of hydrogen-bond donors (Lipinski definition) is 1. The van der Waals surface area contributed by atoms with Crippen molar-refractivity contribution >= 4 is 11.6 Å². The molecule has 3 rings (SSSR count). The van der Waals surface area contributed by atoms with Crippen LogP contribution >= 0.6 is 11.6 Å². The van der Waals surface area contributed by atoms with Gasteiger partial charge < -0.3 is 10.5 Å². The average molecular weight is 280 g/mol. The van der Waals surface area contributed by atoms with E-state index < -0.39 is 0 Å². The van der Waals surface area contributed by atoms with Crippen LogP contribution in [0.2, 0.25) is 5.02 Å². The van der Waals surface area contributed by atoms with E-state index in [0.717, 1.165) is 36.7 Å². The summed E-state index contributed by atoms with van der Waals surface area (Å²) in [5.41, 5.74) is 7.51. The molecule has 0 saturated heterocycles. The smallest absolute Gasteiger partial charge is 0.137 e. The van der Waals surface area contributed by atoms with E-state index >= 15 is 0 Å². The van der Waals surface area contributed by atoms with Gasteiger partial charge in [-0.2, -0.15) is 0 Å². The standard InChI is InChI=1S/C16H22ClNO/c17-14-10-13(16(18)8-2-1-3-9-16)6-7-15(14)19-11-12-4-5-12/h6-7,10,12H,1-5,8-9,11,18H2. The zero-order valence-electron chi connectivity index (χ0n) is 11.3. The second kappa shape index (κ2) is 5.34. The van der Waals surface area contributed by atoms with E-state index in [0.29, 0.717) is 5.02 Å². The molecule has 0 radical (unpaired) electrons. The molecule has 0 amide bonds. The third-order valence-electron chi connectivity index (χ3n) is 4.42. The van der Waals surface area contributed by atoms with Gasteiger partial charge in [0.05, 0.1) is 11.6 Å². The zero-order chi connectivity index (χ0) is 13.3. The van der Waals surface area contributed by atoms with E-state index in [9.17, 15) is 0 Å². The Morgan fingerprint density at radius 2 is 1.95 bits per heavy atom. The maximum Gasteiger partial charge on any atom is 0.137 e. The van der Waals surface area contributed by atoms with Gasteiger partial charge in [0.25, 0.3) is 0 Å². The first-order valence-electron chi connectivity index (χ1n) is 7.39. The van der Waals surface area contributed by atoms with Gasteiger partial charge in [0.2, 0.25) is 0 Å². The third-order valence-corrected chi connectivity index (χ3v) is 4.72. The van der Waals surface area contributed by atoms with Crippen molar-refractivity contribution in [1.29, 1.82) is 0 Å². The maximum atomic E-state index is 6.53. The molecule has 0 unspecified atom stereocenters. The van der Waals surface area contributed by atoms with Gasteiger partial charge >= 0.3 is 0 Å². The second-order valence-electron chi connectivity index (χ2n) is 6.12. The number of hydrogen-bond acceptors (Lipinski definition) is 2. The predicted octanol–water partition coefficient (Wildman–Crippen LogP) is 4.25. The summed E-state index contributed by atoms with van der Waals surface area (Å²) >= 11 is 6.33. The lowest BCUT2D eigenvalue weighted by Gasteiger charge is -2.34. The van der Waals surface area contributed by atoms with E-state index in [-0.39, 0.29) is 5.54 Å². The van der Waals surface area contributed by atoms with Crippen LogP contribution in [0.4, 0.5) is 0 Å². The van der Waals surface area contributed by atoms with Crippen LogP contribution in [0.1, 0.15) is 50.5 Å². The Bertz CT molecular complexity index is 450. The molecule has 0 atom stereocenters. The Balaban J connectivity index is 1.73. The third kappa shape index (κ3) is 3.06. The van der Waals surface area contributed by atoms with Crippen molar-refractivity contribution in [1.82, 2.24) is 0 Å². The highest BCUT2D eigenvalue weighted by molar-refractivity contribution is 6.32. The molecule has 2 aliphatic carbocycles. The lowest BCUT2D eigenvalue weighted by atomic mass is 9.77. The van der Waals surface area contributed by atoms with Crippen molar-refractivity contribution in [2.45, 2.75) is 50.5 Å². The van der Waals surface area contributed by atoms with Crippen molar-refractivity contribution in [3.63, 3.8) is 0 Å². The van der Waals surface area contributed by atoms with Gasteiger partial charge in [-0.15, -0.1) is 0 Å². The average Bonchev–Trinajstić information content (AvgIpc) is 3.22. The van der Waals surface area contributed by atoms with Crippen molar-refractivity contribution in [2.75, 3.05) is 6.61 Å². The molecule has 2 saturated carbocycles. The number of benzene rings is 1. The van der Waals surface area contributed by atoms with Crippen molar-refractivity contribution in [3.05, 3.63) is 28.8 Å². The van der Waals surface area contributed by atoms with Gasteiger partial charge in [-0.1, -0.05) is 36.9 Å². The summed E-state index contributed by atoms with van der Waals surface area (Å²) in [7, 11) is 0. The Morgan fingerprint density at radius 1 is 1.21 bits per heavy atom. The highest BCUT2D eigenvalue weighted by atomic mass is 35.5.